The van der Waals surface area contributed by atoms with Crippen LogP contribution < -0.4 is 11.1 Å². The molecule has 0 radical (unpaired) electrons. The third-order valence-corrected chi connectivity index (χ3v) is 4.48. The molecule has 0 aromatic carbocycles. The lowest BCUT2D eigenvalue weighted by Crippen LogP contribution is -2.33. The van der Waals surface area contributed by atoms with Gasteiger partial charge in [0.1, 0.15) is 5.69 Å². The zero-order chi connectivity index (χ0) is 14.4. The van der Waals surface area contributed by atoms with Gasteiger partial charge in [0.05, 0.1) is 6.54 Å². The zero-order valence-electron chi connectivity index (χ0n) is 11.6. The van der Waals surface area contributed by atoms with Crippen molar-refractivity contribution in [3.05, 3.63) is 29.6 Å². The summed E-state index contributed by atoms with van der Waals surface area (Å²) in [5, 5.41) is 3.72. The summed E-state index contributed by atoms with van der Waals surface area (Å²) in [6.07, 6.45) is 7.01. The van der Waals surface area contributed by atoms with Gasteiger partial charge in [-0.25, -0.2) is 4.98 Å². The van der Waals surface area contributed by atoms with Crippen molar-refractivity contribution in [3.8, 4) is 11.8 Å². The fourth-order valence-electron chi connectivity index (χ4n) is 2.30. The van der Waals surface area contributed by atoms with Gasteiger partial charge in [-0.15, -0.1) is 0 Å². The second-order valence-electron chi connectivity index (χ2n) is 4.78. The summed E-state index contributed by atoms with van der Waals surface area (Å²) in [5.41, 5.74) is 6.52. The van der Waals surface area contributed by atoms with Crippen molar-refractivity contribution in [1.29, 1.82) is 0 Å². The van der Waals surface area contributed by atoms with Gasteiger partial charge in [0, 0.05) is 23.1 Å². The lowest BCUT2D eigenvalue weighted by atomic mass is 10.2. The molecule has 1 saturated carbocycles. The standard InChI is InChI=1S/C15H19N3OS/c1-20-13-6-5-12(9-13)18-15(19)14-7-4-11(10-17-14)3-2-8-16/h4,7,10,12-13H,5-6,8-9,16H2,1H3,(H,18,19). The number of rotatable bonds is 3. The molecule has 1 aromatic heterocycles. The van der Waals surface area contributed by atoms with Gasteiger partial charge in [0.2, 0.25) is 0 Å². The van der Waals surface area contributed by atoms with Crippen molar-refractivity contribution in [2.45, 2.75) is 30.6 Å². The largest absolute Gasteiger partial charge is 0.348 e. The van der Waals surface area contributed by atoms with Crippen molar-refractivity contribution < 1.29 is 4.79 Å². The molecule has 1 heterocycles. The summed E-state index contributed by atoms with van der Waals surface area (Å²) in [5.74, 6) is 5.54. The molecule has 20 heavy (non-hydrogen) atoms. The smallest absolute Gasteiger partial charge is 0.270 e. The minimum absolute atomic E-state index is 0.102. The molecule has 0 saturated heterocycles. The van der Waals surface area contributed by atoms with E-state index in [0.717, 1.165) is 18.4 Å². The van der Waals surface area contributed by atoms with E-state index in [0.29, 0.717) is 17.5 Å². The SMILES string of the molecule is CSC1CCC(NC(=O)c2ccc(C#CCN)cn2)C1. The zero-order valence-corrected chi connectivity index (χ0v) is 12.4. The second kappa shape index (κ2) is 7.32. The van der Waals surface area contributed by atoms with Gasteiger partial charge in [0.25, 0.3) is 5.91 Å². The lowest BCUT2D eigenvalue weighted by Gasteiger charge is -2.12. The highest BCUT2D eigenvalue weighted by Crippen LogP contribution is 2.28. The number of amides is 1. The molecule has 0 bridgehead atoms. The van der Waals surface area contributed by atoms with Crippen LogP contribution in [0.1, 0.15) is 35.3 Å². The Bertz CT molecular complexity index is 518. The number of nitrogens with two attached hydrogens (primary N) is 1. The number of hydrogen-bond donors (Lipinski definition) is 2. The van der Waals surface area contributed by atoms with Gasteiger partial charge in [-0.05, 0) is 37.7 Å². The summed E-state index contributed by atoms with van der Waals surface area (Å²) >= 11 is 1.88. The molecular formula is C15H19N3OS. The number of nitrogens with one attached hydrogen (secondary N) is 1. The first-order valence-corrected chi connectivity index (χ1v) is 8.00. The Kier molecular flexibility index (Phi) is 5.45. The van der Waals surface area contributed by atoms with E-state index in [2.05, 4.69) is 28.4 Å². The van der Waals surface area contributed by atoms with E-state index >= 15 is 0 Å². The van der Waals surface area contributed by atoms with Gasteiger partial charge >= 0.3 is 0 Å². The number of hydrogen-bond acceptors (Lipinski definition) is 4. The van der Waals surface area contributed by atoms with Crippen molar-refractivity contribution in [2.75, 3.05) is 12.8 Å². The Labute approximate surface area is 123 Å². The Morgan fingerprint density at radius 3 is 3.00 bits per heavy atom. The van der Waals surface area contributed by atoms with Crippen LogP contribution in [-0.2, 0) is 0 Å². The highest BCUT2D eigenvalue weighted by molar-refractivity contribution is 7.99. The molecule has 2 unspecified atom stereocenters. The van der Waals surface area contributed by atoms with Crippen molar-refractivity contribution in [1.82, 2.24) is 10.3 Å². The number of nitrogens with zero attached hydrogens (tertiary/aromatic N) is 1. The van der Waals surface area contributed by atoms with Crippen LogP contribution in [0, 0.1) is 11.8 Å². The molecule has 3 N–H and O–H groups in total. The molecule has 106 valence electrons. The summed E-state index contributed by atoms with van der Waals surface area (Å²) in [7, 11) is 0. The van der Waals surface area contributed by atoms with Crippen LogP contribution in [0.25, 0.3) is 0 Å². The van der Waals surface area contributed by atoms with Crippen LogP contribution in [0.3, 0.4) is 0 Å². The molecule has 0 spiro atoms. The van der Waals surface area contributed by atoms with Crippen molar-refractivity contribution >= 4 is 17.7 Å². The van der Waals surface area contributed by atoms with E-state index in [1.54, 1.807) is 18.3 Å². The number of carbonyl (C=O) groups excluding carboxylic acids is 1. The van der Waals surface area contributed by atoms with Crippen LogP contribution in [-0.4, -0.2) is 35.0 Å². The molecule has 1 amide bonds. The van der Waals surface area contributed by atoms with Crippen molar-refractivity contribution in [3.63, 3.8) is 0 Å². The highest BCUT2D eigenvalue weighted by Gasteiger charge is 2.25. The van der Waals surface area contributed by atoms with E-state index in [1.807, 2.05) is 11.8 Å². The topological polar surface area (TPSA) is 68.0 Å². The molecule has 1 aliphatic carbocycles. The molecule has 1 fully saturated rings. The Hall–Kier alpha value is -1.51. The molecule has 4 nitrogen and oxygen atoms in total. The van der Waals surface area contributed by atoms with Gasteiger partial charge < -0.3 is 11.1 Å². The first kappa shape index (κ1) is 14.9. The maximum absolute atomic E-state index is 12.1. The van der Waals surface area contributed by atoms with Gasteiger partial charge in [-0.2, -0.15) is 11.8 Å². The Morgan fingerprint density at radius 1 is 1.55 bits per heavy atom. The normalized spacial score (nSPS) is 21.1. The maximum Gasteiger partial charge on any atom is 0.270 e. The van der Waals surface area contributed by atoms with Crippen LogP contribution in [0.15, 0.2) is 18.3 Å². The quantitative estimate of drug-likeness (QED) is 0.826. The first-order valence-electron chi connectivity index (χ1n) is 6.71. The molecule has 2 atom stereocenters. The minimum atomic E-state index is -0.102. The molecule has 1 aliphatic rings. The molecule has 0 aliphatic heterocycles. The number of carbonyl (C=O) groups is 1. The Morgan fingerprint density at radius 2 is 2.40 bits per heavy atom. The number of thioether (sulfide) groups is 1. The maximum atomic E-state index is 12.1. The van der Waals surface area contributed by atoms with E-state index in [-0.39, 0.29) is 11.9 Å². The van der Waals surface area contributed by atoms with E-state index < -0.39 is 0 Å². The Balaban J connectivity index is 1.92. The molecule has 2 rings (SSSR count). The van der Waals surface area contributed by atoms with Gasteiger partial charge in [-0.1, -0.05) is 11.8 Å². The summed E-state index contributed by atoms with van der Waals surface area (Å²) in [6.45, 7) is 0.320. The number of aromatic nitrogens is 1. The lowest BCUT2D eigenvalue weighted by molar-refractivity contribution is 0.0933. The fraction of sp³-hybridized carbons (Fsp3) is 0.467. The average molecular weight is 289 g/mol. The third-order valence-electron chi connectivity index (χ3n) is 3.38. The second-order valence-corrected chi connectivity index (χ2v) is 5.92. The molecular weight excluding hydrogens is 270 g/mol. The summed E-state index contributed by atoms with van der Waals surface area (Å²) in [6, 6.07) is 3.78. The predicted molar refractivity (Wildman–Crippen MR) is 82.6 cm³/mol. The third kappa shape index (κ3) is 3.99. The van der Waals surface area contributed by atoms with E-state index in [1.165, 1.54) is 6.42 Å². The predicted octanol–water partition coefficient (Wildman–Crippen LogP) is 1.41. The summed E-state index contributed by atoms with van der Waals surface area (Å²) in [4.78, 5) is 16.2. The number of pyridine rings is 1. The van der Waals surface area contributed by atoms with Gasteiger partial charge in [-0.3, -0.25) is 4.79 Å². The van der Waals surface area contributed by atoms with Crippen LogP contribution in [0.2, 0.25) is 0 Å². The fourth-order valence-corrected chi connectivity index (χ4v) is 3.10. The van der Waals surface area contributed by atoms with Crippen LogP contribution >= 0.6 is 11.8 Å². The van der Waals surface area contributed by atoms with Crippen molar-refractivity contribution in [2.24, 2.45) is 5.73 Å². The van der Waals surface area contributed by atoms with Crippen LogP contribution in [0.5, 0.6) is 0 Å². The molecule has 1 aromatic rings. The van der Waals surface area contributed by atoms with Gasteiger partial charge in [0.15, 0.2) is 0 Å². The summed E-state index contributed by atoms with van der Waals surface area (Å²) < 4.78 is 0. The monoisotopic (exact) mass is 289 g/mol. The first-order chi connectivity index (χ1) is 9.72. The average Bonchev–Trinajstić information content (AvgIpc) is 2.93. The minimum Gasteiger partial charge on any atom is -0.348 e. The van der Waals surface area contributed by atoms with E-state index in [9.17, 15) is 4.79 Å². The molecule has 5 heteroatoms. The highest BCUT2D eigenvalue weighted by atomic mass is 32.2. The van der Waals surface area contributed by atoms with Crippen LogP contribution in [0.4, 0.5) is 0 Å². The van der Waals surface area contributed by atoms with E-state index in [4.69, 9.17) is 5.73 Å².